The molecular weight excluding hydrogens is 260 g/mol. The van der Waals surface area contributed by atoms with E-state index in [1.165, 1.54) is 6.33 Å². The van der Waals surface area contributed by atoms with Crippen LogP contribution in [0.1, 0.15) is 18.9 Å². The number of anilines is 1. The maximum Gasteiger partial charge on any atom is 0.280 e. The standard InChI is InChI=1S/C12H13N6O2/c1-12(4-13)3-6(2-7(12)19)18-5-15-8-9(18)16-11(14)17-10(8)20/h5-7,19H,1-3H2,(H3,14,16,17,20)/t6-,7-,12-/m1/s1. The molecule has 1 aliphatic carbocycles. The number of aromatic nitrogens is 4. The summed E-state index contributed by atoms with van der Waals surface area (Å²) < 4.78 is 1.68. The largest absolute Gasteiger partial charge is 0.391 e. The molecule has 2 aromatic heterocycles. The number of nitrogens with zero attached hydrogens (tertiary/aromatic N) is 4. The van der Waals surface area contributed by atoms with Crippen molar-refractivity contribution in [2.24, 2.45) is 5.41 Å². The van der Waals surface area contributed by atoms with E-state index in [-0.39, 0.29) is 17.5 Å². The second-order valence-electron chi connectivity index (χ2n) is 5.15. The van der Waals surface area contributed by atoms with E-state index in [0.29, 0.717) is 18.5 Å². The first-order chi connectivity index (χ1) is 9.44. The van der Waals surface area contributed by atoms with Crippen molar-refractivity contribution in [2.75, 3.05) is 5.73 Å². The lowest BCUT2D eigenvalue weighted by molar-refractivity contribution is 0.117. The molecule has 2 heterocycles. The van der Waals surface area contributed by atoms with Gasteiger partial charge in [0, 0.05) is 6.04 Å². The van der Waals surface area contributed by atoms with Crippen LogP contribution < -0.4 is 11.3 Å². The van der Waals surface area contributed by atoms with Crippen molar-refractivity contribution in [3.05, 3.63) is 23.6 Å². The Bertz CT molecular complexity index is 772. The third kappa shape index (κ3) is 1.67. The maximum absolute atomic E-state index is 11.7. The third-order valence-electron chi connectivity index (χ3n) is 3.80. The number of aliphatic hydroxyl groups excluding tert-OH is 1. The summed E-state index contributed by atoms with van der Waals surface area (Å²) in [5.74, 6) is 0.00367. The summed E-state index contributed by atoms with van der Waals surface area (Å²) in [6.07, 6.45) is 1.38. The smallest absolute Gasteiger partial charge is 0.280 e. The molecule has 0 spiro atoms. The van der Waals surface area contributed by atoms with E-state index in [9.17, 15) is 9.90 Å². The van der Waals surface area contributed by atoms with Gasteiger partial charge < -0.3 is 15.4 Å². The zero-order valence-electron chi connectivity index (χ0n) is 10.6. The molecule has 0 aliphatic heterocycles. The van der Waals surface area contributed by atoms with Crippen LogP contribution in [-0.2, 0) is 0 Å². The number of nitriles is 1. The summed E-state index contributed by atoms with van der Waals surface area (Å²) in [5, 5.41) is 19.1. The lowest BCUT2D eigenvalue weighted by Crippen LogP contribution is -2.24. The highest BCUT2D eigenvalue weighted by Crippen LogP contribution is 2.43. The molecular formula is C12H13N6O2. The van der Waals surface area contributed by atoms with E-state index in [1.807, 2.05) is 6.07 Å². The van der Waals surface area contributed by atoms with Crippen LogP contribution in [0.15, 0.2) is 11.1 Å². The van der Waals surface area contributed by atoms with Crippen LogP contribution in [0.5, 0.6) is 0 Å². The molecule has 103 valence electrons. The molecule has 20 heavy (non-hydrogen) atoms. The first-order valence-electron chi connectivity index (χ1n) is 6.11. The third-order valence-corrected chi connectivity index (χ3v) is 3.80. The van der Waals surface area contributed by atoms with Gasteiger partial charge in [-0.1, -0.05) is 0 Å². The highest BCUT2D eigenvalue weighted by molar-refractivity contribution is 5.70. The summed E-state index contributed by atoms with van der Waals surface area (Å²) in [4.78, 5) is 22.2. The van der Waals surface area contributed by atoms with Crippen molar-refractivity contribution in [3.63, 3.8) is 0 Å². The van der Waals surface area contributed by atoms with Gasteiger partial charge in [0.15, 0.2) is 11.2 Å². The minimum absolute atomic E-state index is 0.00367. The molecule has 8 nitrogen and oxygen atoms in total. The van der Waals surface area contributed by atoms with Gasteiger partial charge in [-0.2, -0.15) is 10.2 Å². The molecule has 3 rings (SSSR count). The molecule has 0 aromatic carbocycles. The number of fused-ring (bicyclic) bond motifs is 1. The Morgan fingerprint density at radius 2 is 2.45 bits per heavy atom. The first-order valence-corrected chi connectivity index (χ1v) is 6.11. The maximum atomic E-state index is 11.7. The Labute approximate surface area is 113 Å². The molecule has 0 saturated heterocycles. The number of aliphatic hydroxyl groups is 1. The van der Waals surface area contributed by atoms with Crippen LogP contribution in [0, 0.1) is 23.7 Å². The lowest BCUT2D eigenvalue weighted by Gasteiger charge is -2.17. The predicted octanol–water partition coefficient (Wildman–Crippen LogP) is -0.258. The average molecular weight is 273 g/mol. The van der Waals surface area contributed by atoms with Gasteiger partial charge in [-0.15, -0.1) is 0 Å². The monoisotopic (exact) mass is 273 g/mol. The van der Waals surface area contributed by atoms with Crippen molar-refractivity contribution < 1.29 is 5.11 Å². The zero-order valence-corrected chi connectivity index (χ0v) is 10.6. The van der Waals surface area contributed by atoms with Crippen molar-refractivity contribution in [3.8, 4) is 6.07 Å². The summed E-state index contributed by atoms with van der Waals surface area (Å²) in [5.41, 5.74) is 4.62. The number of nitrogen functional groups attached to an aromatic ring is 1. The summed E-state index contributed by atoms with van der Waals surface area (Å²) >= 11 is 0. The Kier molecular flexibility index (Phi) is 2.55. The number of rotatable bonds is 1. The normalized spacial score (nSPS) is 29.6. The molecule has 1 saturated carbocycles. The number of nitrogens with one attached hydrogen (secondary N) is 1. The fourth-order valence-corrected chi connectivity index (χ4v) is 2.67. The van der Waals surface area contributed by atoms with Crippen molar-refractivity contribution in [1.29, 1.82) is 5.26 Å². The highest BCUT2D eigenvalue weighted by atomic mass is 16.3. The highest BCUT2D eigenvalue weighted by Gasteiger charge is 2.44. The summed E-state index contributed by atoms with van der Waals surface area (Å²) in [7, 11) is 0. The van der Waals surface area contributed by atoms with E-state index in [0.717, 1.165) is 0 Å². The van der Waals surface area contributed by atoms with Crippen LogP contribution in [0.2, 0.25) is 0 Å². The fourth-order valence-electron chi connectivity index (χ4n) is 2.67. The Hall–Kier alpha value is -2.40. The summed E-state index contributed by atoms with van der Waals surface area (Å²) in [6, 6.07) is 1.85. The number of imidazole rings is 1. The van der Waals surface area contributed by atoms with Crippen LogP contribution in [0.4, 0.5) is 5.95 Å². The van der Waals surface area contributed by atoms with Gasteiger partial charge >= 0.3 is 0 Å². The Morgan fingerprint density at radius 3 is 3.10 bits per heavy atom. The molecule has 1 aliphatic rings. The number of hydrogen-bond donors (Lipinski definition) is 3. The van der Waals surface area contributed by atoms with Gasteiger partial charge in [0.2, 0.25) is 5.95 Å². The zero-order chi connectivity index (χ0) is 14.5. The Morgan fingerprint density at radius 1 is 1.70 bits per heavy atom. The Balaban J connectivity index is 2.09. The molecule has 2 aromatic rings. The minimum Gasteiger partial charge on any atom is -0.391 e. The van der Waals surface area contributed by atoms with Gasteiger partial charge in [-0.05, 0) is 19.8 Å². The lowest BCUT2D eigenvalue weighted by atomic mass is 9.88. The van der Waals surface area contributed by atoms with E-state index < -0.39 is 17.1 Å². The van der Waals surface area contributed by atoms with Crippen molar-refractivity contribution in [2.45, 2.75) is 25.0 Å². The van der Waals surface area contributed by atoms with E-state index in [2.05, 4.69) is 21.9 Å². The van der Waals surface area contributed by atoms with E-state index in [1.54, 1.807) is 4.57 Å². The van der Waals surface area contributed by atoms with Gasteiger partial charge in [-0.25, -0.2) is 4.98 Å². The van der Waals surface area contributed by atoms with Gasteiger partial charge in [0.1, 0.15) is 0 Å². The summed E-state index contributed by atoms with van der Waals surface area (Å²) in [6.45, 7) is 3.79. The second kappa shape index (κ2) is 4.05. The van der Waals surface area contributed by atoms with Crippen LogP contribution in [0.25, 0.3) is 11.2 Å². The molecule has 1 radical (unpaired) electrons. The molecule has 0 unspecified atom stereocenters. The predicted molar refractivity (Wildman–Crippen MR) is 70.2 cm³/mol. The topological polar surface area (TPSA) is 134 Å². The first kappa shape index (κ1) is 12.6. The van der Waals surface area contributed by atoms with Gasteiger partial charge in [0.25, 0.3) is 5.56 Å². The molecule has 0 amide bonds. The molecule has 1 fully saturated rings. The molecule has 8 heteroatoms. The van der Waals surface area contributed by atoms with E-state index in [4.69, 9.17) is 11.0 Å². The molecule has 3 atom stereocenters. The van der Waals surface area contributed by atoms with Gasteiger partial charge in [-0.3, -0.25) is 9.78 Å². The number of aromatic amines is 1. The van der Waals surface area contributed by atoms with Crippen molar-refractivity contribution >= 4 is 17.1 Å². The quantitative estimate of drug-likeness (QED) is 0.655. The van der Waals surface area contributed by atoms with Crippen LogP contribution >= 0.6 is 0 Å². The van der Waals surface area contributed by atoms with Crippen LogP contribution in [0.3, 0.4) is 0 Å². The van der Waals surface area contributed by atoms with E-state index >= 15 is 0 Å². The number of hydrogen-bond acceptors (Lipinski definition) is 6. The fraction of sp³-hybridized carbons (Fsp3) is 0.417. The number of nitrogens with two attached hydrogens (primary N) is 1. The minimum atomic E-state index is -1.05. The van der Waals surface area contributed by atoms with Crippen LogP contribution in [-0.4, -0.2) is 30.7 Å². The molecule has 0 bridgehead atoms. The second-order valence-corrected chi connectivity index (χ2v) is 5.15. The average Bonchev–Trinajstić information content (AvgIpc) is 2.92. The molecule has 4 N–H and O–H groups in total. The number of H-pyrrole nitrogens is 1. The van der Waals surface area contributed by atoms with Gasteiger partial charge in [0.05, 0.1) is 23.9 Å². The van der Waals surface area contributed by atoms with Crippen molar-refractivity contribution in [1.82, 2.24) is 19.5 Å². The SMILES string of the molecule is [CH2][C@]1(C#N)C[C@H](n2cnc3c(=O)[nH]c(N)nc32)C[C@H]1O.